The van der Waals surface area contributed by atoms with E-state index in [1.165, 1.54) is 29.8 Å². The molecule has 2 aliphatic rings. The molecule has 4 nitrogen and oxygen atoms in total. The van der Waals surface area contributed by atoms with Crippen molar-refractivity contribution in [2.45, 2.75) is 71.0 Å². The average Bonchev–Trinajstić information content (AvgIpc) is 3.25. The van der Waals surface area contributed by atoms with Crippen molar-refractivity contribution < 1.29 is 4.74 Å². The highest BCUT2D eigenvalue weighted by Crippen LogP contribution is 2.27. The molecule has 0 radical (unpaired) electrons. The normalized spacial score (nSPS) is 20.5. The molecule has 0 spiro atoms. The van der Waals surface area contributed by atoms with E-state index in [9.17, 15) is 0 Å². The number of rotatable bonds is 6. The molecule has 1 N–H and O–H groups in total. The van der Waals surface area contributed by atoms with Crippen molar-refractivity contribution >= 4 is 0 Å². The first-order chi connectivity index (χ1) is 9.83. The van der Waals surface area contributed by atoms with Gasteiger partial charge in [-0.3, -0.25) is 4.68 Å². The lowest BCUT2D eigenvalue weighted by Gasteiger charge is -2.24. The van der Waals surface area contributed by atoms with Gasteiger partial charge in [-0.2, -0.15) is 5.10 Å². The van der Waals surface area contributed by atoms with Gasteiger partial charge in [-0.1, -0.05) is 13.8 Å². The lowest BCUT2D eigenvalue weighted by Crippen LogP contribution is -2.22. The molecule has 0 atom stereocenters. The van der Waals surface area contributed by atoms with Crippen molar-refractivity contribution in [1.29, 1.82) is 0 Å². The van der Waals surface area contributed by atoms with E-state index in [1.807, 2.05) is 0 Å². The third kappa shape index (κ3) is 2.91. The molecule has 3 rings (SSSR count). The zero-order chi connectivity index (χ0) is 13.9. The smallest absolute Gasteiger partial charge is 0.0669 e. The van der Waals surface area contributed by atoms with Gasteiger partial charge in [-0.25, -0.2) is 0 Å². The van der Waals surface area contributed by atoms with Crippen LogP contribution in [0.5, 0.6) is 0 Å². The van der Waals surface area contributed by atoms with Gasteiger partial charge in [0.15, 0.2) is 0 Å². The quantitative estimate of drug-likeness (QED) is 0.869. The second kappa shape index (κ2) is 6.27. The Labute approximate surface area is 121 Å². The maximum atomic E-state index is 5.49. The highest BCUT2D eigenvalue weighted by Gasteiger charge is 2.25. The number of nitrogens with one attached hydrogen (secondary N) is 1. The molecule has 2 fully saturated rings. The van der Waals surface area contributed by atoms with Gasteiger partial charge in [-0.05, 0) is 38.5 Å². The van der Waals surface area contributed by atoms with Gasteiger partial charge in [0.2, 0.25) is 0 Å². The monoisotopic (exact) mass is 277 g/mol. The zero-order valence-corrected chi connectivity index (χ0v) is 12.8. The van der Waals surface area contributed by atoms with E-state index >= 15 is 0 Å². The Bertz CT molecular complexity index is 445. The van der Waals surface area contributed by atoms with E-state index in [2.05, 4.69) is 23.8 Å². The zero-order valence-electron chi connectivity index (χ0n) is 12.8. The minimum absolute atomic E-state index is 0.540. The van der Waals surface area contributed by atoms with Crippen LogP contribution in [-0.2, 0) is 24.1 Å². The maximum absolute atomic E-state index is 5.49. The summed E-state index contributed by atoms with van der Waals surface area (Å²) in [7, 11) is 0. The number of nitrogens with zero attached hydrogens (tertiary/aromatic N) is 2. The number of hydrogen-bond acceptors (Lipinski definition) is 3. The summed E-state index contributed by atoms with van der Waals surface area (Å²) in [6, 6.07) is 1.30. The maximum Gasteiger partial charge on any atom is 0.0669 e. The first kappa shape index (κ1) is 14.1. The van der Waals surface area contributed by atoms with E-state index in [4.69, 9.17) is 9.84 Å². The lowest BCUT2D eigenvalue weighted by atomic mass is 10.1. The van der Waals surface area contributed by atoms with E-state index in [1.54, 1.807) is 0 Å². The van der Waals surface area contributed by atoms with Gasteiger partial charge < -0.3 is 10.1 Å². The molecule has 0 unspecified atom stereocenters. The Kier molecular flexibility index (Phi) is 4.41. The second-order valence-corrected chi connectivity index (χ2v) is 6.02. The van der Waals surface area contributed by atoms with E-state index < -0.39 is 0 Å². The minimum atomic E-state index is 0.540. The van der Waals surface area contributed by atoms with Crippen LogP contribution in [0.1, 0.15) is 62.5 Å². The van der Waals surface area contributed by atoms with Gasteiger partial charge in [0, 0.05) is 37.1 Å². The molecule has 112 valence electrons. The first-order valence-corrected chi connectivity index (χ1v) is 8.23. The molecule has 1 aliphatic carbocycles. The third-order valence-corrected chi connectivity index (χ3v) is 4.55. The largest absolute Gasteiger partial charge is 0.381 e. The highest BCUT2D eigenvalue weighted by atomic mass is 16.5. The van der Waals surface area contributed by atoms with Crippen LogP contribution in [0.25, 0.3) is 0 Å². The molecule has 20 heavy (non-hydrogen) atoms. The second-order valence-electron chi connectivity index (χ2n) is 6.02. The van der Waals surface area contributed by atoms with Crippen LogP contribution in [0.3, 0.4) is 0 Å². The summed E-state index contributed by atoms with van der Waals surface area (Å²) in [5, 5.41) is 8.60. The Hall–Kier alpha value is -0.870. The highest BCUT2D eigenvalue weighted by molar-refractivity contribution is 5.27. The summed E-state index contributed by atoms with van der Waals surface area (Å²) < 4.78 is 7.82. The Morgan fingerprint density at radius 3 is 2.50 bits per heavy atom. The molecule has 4 heteroatoms. The van der Waals surface area contributed by atoms with Gasteiger partial charge in [0.25, 0.3) is 0 Å². The number of aryl methyl sites for hydroxylation is 1. The van der Waals surface area contributed by atoms with Crippen LogP contribution in [0, 0.1) is 0 Å². The van der Waals surface area contributed by atoms with Crippen LogP contribution in [0.15, 0.2) is 0 Å². The SMILES string of the molecule is CCc1nn(C2CCOCC2)c(CC)c1CNC1CC1. The minimum Gasteiger partial charge on any atom is -0.381 e. The fourth-order valence-electron chi connectivity index (χ4n) is 3.18. The van der Waals surface area contributed by atoms with Crippen molar-refractivity contribution in [2.24, 2.45) is 0 Å². The Balaban J connectivity index is 1.83. The molecular formula is C16H27N3O. The summed E-state index contributed by atoms with van der Waals surface area (Å²) in [4.78, 5) is 0. The third-order valence-electron chi connectivity index (χ3n) is 4.55. The van der Waals surface area contributed by atoms with Crippen molar-refractivity contribution in [3.63, 3.8) is 0 Å². The van der Waals surface area contributed by atoms with Crippen LogP contribution < -0.4 is 5.32 Å². The molecule has 0 bridgehead atoms. The van der Waals surface area contributed by atoms with E-state index in [0.717, 1.165) is 51.5 Å². The van der Waals surface area contributed by atoms with E-state index in [0.29, 0.717) is 6.04 Å². The van der Waals surface area contributed by atoms with Gasteiger partial charge in [0.1, 0.15) is 0 Å². The molecule has 1 saturated heterocycles. The van der Waals surface area contributed by atoms with Crippen LogP contribution in [0.4, 0.5) is 0 Å². The molecule has 0 amide bonds. The van der Waals surface area contributed by atoms with Gasteiger partial charge >= 0.3 is 0 Å². The summed E-state index contributed by atoms with van der Waals surface area (Å²) in [5.41, 5.74) is 4.21. The summed E-state index contributed by atoms with van der Waals surface area (Å²) in [6.45, 7) is 7.24. The Morgan fingerprint density at radius 2 is 1.90 bits per heavy atom. The predicted molar refractivity (Wildman–Crippen MR) is 79.9 cm³/mol. The fraction of sp³-hybridized carbons (Fsp3) is 0.812. The number of hydrogen-bond donors (Lipinski definition) is 1. The Morgan fingerprint density at radius 1 is 1.15 bits per heavy atom. The van der Waals surface area contributed by atoms with Crippen LogP contribution in [0.2, 0.25) is 0 Å². The molecule has 1 aromatic heterocycles. The van der Waals surface area contributed by atoms with Gasteiger partial charge in [-0.15, -0.1) is 0 Å². The molecule has 1 aliphatic heterocycles. The molecule has 2 heterocycles. The predicted octanol–water partition coefficient (Wildman–Crippen LogP) is 2.61. The standard InChI is InChI=1S/C16H27N3O/c1-3-15-14(11-17-12-5-6-12)16(4-2)19(18-15)13-7-9-20-10-8-13/h12-13,17H,3-11H2,1-2H3. The summed E-state index contributed by atoms with van der Waals surface area (Å²) in [5.74, 6) is 0. The molecule has 1 aromatic rings. The van der Waals surface area contributed by atoms with Crippen molar-refractivity contribution in [3.8, 4) is 0 Å². The van der Waals surface area contributed by atoms with Gasteiger partial charge in [0.05, 0.1) is 11.7 Å². The van der Waals surface area contributed by atoms with E-state index in [-0.39, 0.29) is 0 Å². The van der Waals surface area contributed by atoms with Crippen molar-refractivity contribution in [1.82, 2.24) is 15.1 Å². The van der Waals surface area contributed by atoms with Crippen LogP contribution >= 0.6 is 0 Å². The number of aromatic nitrogens is 2. The first-order valence-electron chi connectivity index (χ1n) is 8.23. The van der Waals surface area contributed by atoms with Crippen LogP contribution in [-0.4, -0.2) is 29.0 Å². The lowest BCUT2D eigenvalue weighted by molar-refractivity contribution is 0.0653. The molecular weight excluding hydrogens is 250 g/mol. The molecule has 1 saturated carbocycles. The summed E-state index contributed by atoms with van der Waals surface area (Å²) in [6.07, 6.45) is 7.01. The number of ether oxygens (including phenoxy) is 1. The average molecular weight is 277 g/mol. The topological polar surface area (TPSA) is 39.1 Å². The molecule has 0 aromatic carbocycles. The fourth-order valence-corrected chi connectivity index (χ4v) is 3.18. The van der Waals surface area contributed by atoms with Crippen molar-refractivity contribution in [2.75, 3.05) is 13.2 Å². The summed E-state index contributed by atoms with van der Waals surface area (Å²) >= 11 is 0. The van der Waals surface area contributed by atoms with Crippen molar-refractivity contribution in [3.05, 3.63) is 17.0 Å².